The van der Waals surface area contributed by atoms with E-state index in [9.17, 15) is 4.79 Å². The fourth-order valence-electron chi connectivity index (χ4n) is 3.23. The van der Waals surface area contributed by atoms with Crippen molar-refractivity contribution in [1.82, 2.24) is 10.2 Å². The van der Waals surface area contributed by atoms with Crippen molar-refractivity contribution in [2.45, 2.75) is 31.2 Å². The second kappa shape index (κ2) is 8.59. The number of thioether (sulfide) groups is 1. The van der Waals surface area contributed by atoms with Gasteiger partial charge in [0.05, 0.1) is 11.8 Å². The zero-order valence-electron chi connectivity index (χ0n) is 16.9. The minimum absolute atomic E-state index is 0.157. The van der Waals surface area contributed by atoms with E-state index < -0.39 is 5.25 Å². The van der Waals surface area contributed by atoms with Gasteiger partial charge in [0, 0.05) is 5.69 Å². The molecule has 0 aliphatic carbocycles. The highest BCUT2D eigenvalue weighted by Gasteiger charge is 2.25. The van der Waals surface area contributed by atoms with Crippen LogP contribution in [-0.4, -0.2) is 16.1 Å². The van der Waals surface area contributed by atoms with Crippen LogP contribution in [0, 0.1) is 20.8 Å². The van der Waals surface area contributed by atoms with Gasteiger partial charge >= 0.3 is 0 Å². The molecule has 2 aromatic carbocycles. The summed E-state index contributed by atoms with van der Waals surface area (Å²) in [5, 5.41) is 11.0. The van der Waals surface area contributed by atoms with Crippen LogP contribution in [0.2, 0.25) is 0 Å². The molecule has 0 radical (unpaired) electrons. The van der Waals surface area contributed by atoms with Crippen molar-refractivity contribution in [2.24, 2.45) is 0 Å². The van der Waals surface area contributed by atoms with Gasteiger partial charge in [-0.3, -0.25) is 4.79 Å². The van der Waals surface area contributed by atoms with Gasteiger partial charge in [-0.05, 0) is 67.4 Å². The number of aromatic nitrogens is 2. The lowest BCUT2D eigenvalue weighted by atomic mass is 10.1. The van der Waals surface area contributed by atoms with Gasteiger partial charge in [-0.15, -0.1) is 10.2 Å². The molecule has 0 saturated heterocycles. The molecule has 2 aromatic heterocycles. The van der Waals surface area contributed by atoms with E-state index in [1.165, 1.54) is 11.8 Å². The van der Waals surface area contributed by atoms with Crippen LogP contribution in [0.4, 0.5) is 5.69 Å². The number of carbonyl (C=O) groups excluding carboxylic acids is 1. The van der Waals surface area contributed by atoms with E-state index >= 15 is 0 Å². The molecule has 152 valence electrons. The van der Waals surface area contributed by atoms with E-state index in [-0.39, 0.29) is 5.91 Å². The molecule has 0 spiro atoms. The van der Waals surface area contributed by atoms with Crippen LogP contribution in [0.25, 0.3) is 11.5 Å². The van der Waals surface area contributed by atoms with E-state index in [0.29, 0.717) is 16.9 Å². The third-order valence-corrected chi connectivity index (χ3v) is 5.63. The normalized spacial score (nSPS) is 12.0. The standard InChI is InChI=1S/C23H21N3O3S/c1-14-11-15(2)13-18(12-14)24-21(27)20(17-7-5-4-6-8-17)30-23-26-25-22(29-23)19-9-10-28-16(19)3/h4-13,20H,1-3H3,(H,24,27)/t20-/m0/s1. The van der Waals surface area contributed by atoms with Gasteiger partial charge in [-0.25, -0.2) is 0 Å². The van der Waals surface area contributed by atoms with Gasteiger partial charge in [0.15, 0.2) is 0 Å². The molecule has 0 aliphatic heterocycles. The number of carbonyl (C=O) groups is 1. The van der Waals surface area contributed by atoms with Crippen LogP contribution in [0.5, 0.6) is 0 Å². The van der Waals surface area contributed by atoms with Gasteiger partial charge in [0.25, 0.3) is 11.1 Å². The molecule has 0 aliphatic rings. The van der Waals surface area contributed by atoms with Crippen molar-refractivity contribution in [3.8, 4) is 11.5 Å². The first-order chi connectivity index (χ1) is 14.5. The number of nitrogens with zero attached hydrogens (tertiary/aromatic N) is 2. The molecule has 0 unspecified atom stereocenters. The number of aryl methyl sites for hydroxylation is 3. The number of benzene rings is 2. The van der Waals surface area contributed by atoms with Crippen LogP contribution >= 0.6 is 11.8 Å². The molecule has 30 heavy (non-hydrogen) atoms. The van der Waals surface area contributed by atoms with Gasteiger partial charge in [0.2, 0.25) is 5.91 Å². The Balaban J connectivity index is 1.60. The highest BCUT2D eigenvalue weighted by molar-refractivity contribution is 8.00. The first-order valence-electron chi connectivity index (χ1n) is 9.48. The average Bonchev–Trinajstić information content (AvgIpc) is 3.34. The number of hydrogen-bond acceptors (Lipinski definition) is 6. The first kappa shape index (κ1) is 20.0. The molecule has 2 heterocycles. The Bertz CT molecular complexity index is 1150. The summed E-state index contributed by atoms with van der Waals surface area (Å²) in [6, 6.07) is 17.3. The van der Waals surface area contributed by atoms with Crippen LogP contribution in [0.1, 0.15) is 27.7 Å². The van der Waals surface area contributed by atoms with Gasteiger partial charge < -0.3 is 14.2 Å². The summed E-state index contributed by atoms with van der Waals surface area (Å²) in [7, 11) is 0. The van der Waals surface area contributed by atoms with Crippen molar-refractivity contribution in [2.75, 3.05) is 5.32 Å². The number of rotatable bonds is 6. The van der Waals surface area contributed by atoms with Crippen LogP contribution in [0.3, 0.4) is 0 Å². The molecule has 4 rings (SSSR count). The summed E-state index contributed by atoms with van der Waals surface area (Å²) >= 11 is 1.22. The Morgan fingerprint density at radius 2 is 1.73 bits per heavy atom. The smallest absolute Gasteiger partial charge is 0.277 e. The van der Waals surface area contributed by atoms with E-state index in [0.717, 1.165) is 27.9 Å². The molecule has 4 aromatic rings. The second-order valence-corrected chi connectivity index (χ2v) is 8.09. The lowest BCUT2D eigenvalue weighted by Crippen LogP contribution is -2.19. The Kier molecular flexibility index (Phi) is 5.72. The quantitative estimate of drug-likeness (QED) is 0.402. The molecule has 1 amide bonds. The van der Waals surface area contributed by atoms with Gasteiger partial charge in [-0.1, -0.05) is 36.4 Å². The number of hydrogen-bond donors (Lipinski definition) is 1. The van der Waals surface area contributed by atoms with Crippen molar-refractivity contribution < 1.29 is 13.6 Å². The maximum absolute atomic E-state index is 13.2. The molecular formula is C23H21N3O3S. The van der Waals surface area contributed by atoms with E-state index in [1.54, 1.807) is 12.3 Å². The monoisotopic (exact) mass is 419 g/mol. The predicted molar refractivity (Wildman–Crippen MR) is 116 cm³/mol. The fourth-order valence-corrected chi connectivity index (χ4v) is 4.11. The molecule has 1 N–H and O–H groups in total. The highest BCUT2D eigenvalue weighted by Crippen LogP contribution is 2.37. The van der Waals surface area contributed by atoms with Crippen molar-refractivity contribution in [3.05, 3.63) is 83.3 Å². The lowest BCUT2D eigenvalue weighted by molar-refractivity contribution is -0.115. The summed E-state index contributed by atoms with van der Waals surface area (Å²) in [5.41, 5.74) is 4.53. The average molecular weight is 420 g/mol. The van der Waals surface area contributed by atoms with E-state index in [2.05, 4.69) is 21.6 Å². The summed E-state index contributed by atoms with van der Waals surface area (Å²) in [6.45, 7) is 5.84. The largest absolute Gasteiger partial charge is 0.469 e. The Hall–Kier alpha value is -3.32. The number of furan rings is 1. The number of nitrogens with one attached hydrogen (secondary N) is 1. The molecule has 0 fully saturated rings. The minimum Gasteiger partial charge on any atom is -0.469 e. The van der Waals surface area contributed by atoms with Crippen molar-refractivity contribution in [1.29, 1.82) is 0 Å². The van der Waals surface area contributed by atoms with Crippen molar-refractivity contribution in [3.63, 3.8) is 0 Å². The summed E-state index contributed by atoms with van der Waals surface area (Å²) < 4.78 is 11.1. The third kappa shape index (κ3) is 4.46. The van der Waals surface area contributed by atoms with E-state index in [1.807, 2.05) is 63.2 Å². The Morgan fingerprint density at radius 1 is 1.00 bits per heavy atom. The third-order valence-electron chi connectivity index (χ3n) is 4.54. The lowest BCUT2D eigenvalue weighted by Gasteiger charge is -2.16. The molecule has 7 heteroatoms. The number of anilines is 1. The fraction of sp³-hybridized carbons (Fsp3) is 0.174. The zero-order valence-corrected chi connectivity index (χ0v) is 17.7. The summed E-state index contributed by atoms with van der Waals surface area (Å²) in [5.74, 6) is 0.906. The van der Waals surface area contributed by atoms with Crippen molar-refractivity contribution >= 4 is 23.4 Å². The highest BCUT2D eigenvalue weighted by atomic mass is 32.2. The van der Waals surface area contributed by atoms with Crippen LogP contribution in [-0.2, 0) is 4.79 Å². The molecular weight excluding hydrogens is 398 g/mol. The minimum atomic E-state index is -0.550. The molecule has 0 saturated carbocycles. The molecule has 0 bridgehead atoms. The summed E-state index contributed by atoms with van der Waals surface area (Å²) in [6.07, 6.45) is 1.58. The molecule has 6 nitrogen and oxygen atoms in total. The SMILES string of the molecule is Cc1cc(C)cc(NC(=O)[C@@H](Sc2nnc(-c3ccoc3C)o2)c2ccccc2)c1. The predicted octanol–water partition coefficient (Wildman–Crippen LogP) is 5.73. The van der Waals surface area contributed by atoms with Gasteiger partial charge in [-0.2, -0.15) is 0 Å². The maximum Gasteiger partial charge on any atom is 0.277 e. The molecule has 1 atom stereocenters. The van der Waals surface area contributed by atoms with Crippen LogP contribution in [0.15, 0.2) is 74.9 Å². The first-order valence-corrected chi connectivity index (χ1v) is 10.4. The zero-order chi connectivity index (χ0) is 21.1. The number of amides is 1. The maximum atomic E-state index is 13.2. The topological polar surface area (TPSA) is 81.2 Å². The van der Waals surface area contributed by atoms with Crippen LogP contribution < -0.4 is 5.32 Å². The second-order valence-electron chi connectivity index (χ2n) is 7.04. The Morgan fingerprint density at radius 3 is 2.40 bits per heavy atom. The summed E-state index contributed by atoms with van der Waals surface area (Å²) in [4.78, 5) is 13.2. The van der Waals surface area contributed by atoms with Gasteiger partial charge in [0.1, 0.15) is 11.0 Å². The van der Waals surface area contributed by atoms with E-state index in [4.69, 9.17) is 8.83 Å². The Labute approximate surface area is 178 Å².